The molecule has 0 aliphatic heterocycles. The molecule has 1 unspecified atom stereocenters. The number of methoxy groups -OCH3 is 1. The summed E-state index contributed by atoms with van der Waals surface area (Å²) in [6.07, 6.45) is 2.78. The lowest BCUT2D eigenvalue weighted by molar-refractivity contribution is -0.119. The van der Waals surface area contributed by atoms with E-state index in [0.717, 1.165) is 17.7 Å². The van der Waals surface area contributed by atoms with Crippen molar-refractivity contribution < 1.29 is 14.3 Å². The summed E-state index contributed by atoms with van der Waals surface area (Å²) in [6.45, 7) is 0.688. The number of carbonyl (C=O) groups excluding carboxylic acids is 1. The number of rotatable bonds is 10. The fourth-order valence-corrected chi connectivity index (χ4v) is 3.37. The monoisotopic (exact) mass is 443 g/mol. The minimum absolute atomic E-state index is 0.202. The molecular formula is C25H25N5O3. The van der Waals surface area contributed by atoms with E-state index in [1.807, 2.05) is 66.7 Å². The van der Waals surface area contributed by atoms with E-state index in [4.69, 9.17) is 9.47 Å². The van der Waals surface area contributed by atoms with Gasteiger partial charge in [-0.05, 0) is 64.4 Å². The number of anilines is 1. The van der Waals surface area contributed by atoms with E-state index >= 15 is 0 Å². The van der Waals surface area contributed by atoms with Gasteiger partial charge in [0.25, 0.3) is 0 Å². The van der Waals surface area contributed by atoms with Gasteiger partial charge in [0.05, 0.1) is 6.61 Å². The van der Waals surface area contributed by atoms with Crippen LogP contribution in [-0.4, -0.2) is 39.8 Å². The summed E-state index contributed by atoms with van der Waals surface area (Å²) in [5.41, 5.74) is 2.87. The SMILES string of the molecule is COCCc1ccc(Oc2ccc(NC(=O)C(Cc3ccccc3)n3cnnn3)cc2)cc1. The first-order valence-corrected chi connectivity index (χ1v) is 10.6. The highest BCUT2D eigenvalue weighted by Crippen LogP contribution is 2.24. The van der Waals surface area contributed by atoms with Crippen molar-refractivity contribution in [2.45, 2.75) is 18.9 Å². The van der Waals surface area contributed by atoms with Crippen molar-refractivity contribution in [1.82, 2.24) is 20.2 Å². The second kappa shape index (κ2) is 11.0. The van der Waals surface area contributed by atoms with Crippen molar-refractivity contribution in [2.75, 3.05) is 19.0 Å². The molecule has 0 aliphatic carbocycles. The van der Waals surface area contributed by atoms with Crippen molar-refractivity contribution in [3.8, 4) is 11.5 Å². The van der Waals surface area contributed by atoms with Crippen LogP contribution in [-0.2, 0) is 22.4 Å². The fourth-order valence-electron chi connectivity index (χ4n) is 3.37. The molecule has 33 heavy (non-hydrogen) atoms. The van der Waals surface area contributed by atoms with Crippen LogP contribution in [0, 0.1) is 0 Å². The number of benzene rings is 3. The molecule has 1 atom stereocenters. The Hall–Kier alpha value is -4.04. The Morgan fingerprint density at radius 1 is 0.939 bits per heavy atom. The molecule has 0 radical (unpaired) electrons. The number of nitrogens with one attached hydrogen (secondary N) is 1. The fraction of sp³-hybridized carbons (Fsp3) is 0.200. The summed E-state index contributed by atoms with van der Waals surface area (Å²) < 4.78 is 12.5. The zero-order chi connectivity index (χ0) is 22.9. The number of nitrogens with zero attached hydrogens (tertiary/aromatic N) is 4. The number of ether oxygens (including phenoxy) is 2. The Balaban J connectivity index is 1.39. The van der Waals surface area contributed by atoms with E-state index < -0.39 is 6.04 Å². The van der Waals surface area contributed by atoms with Crippen LogP contribution in [0.1, 0.15) is 17.2 Å². The molecule has 4 aromatic rings. The smallest absolute Gasteiger partial charge is 0.249 e. The van der Waals surface area contributed by atoms with Gasteiger partial charge in [0.1, 0.15) is 23.9 Å². The van der Waals surface area contributed by atoms with Crippen molar-refractivity contribution in [2.24, 2.45) is 0 Å². The van der Waals surface area contributed by atoms with E-state index in [-0.39, 0.29) is 5.91 Å². The van der Waals surface area contributed by atoms with Crippen LogP contribution < -0.4 is 10.1 Å². The molecule has 4 rings (SSSR count). The molecule has 3 aromatic carbocycles. The molecule has 1 aromatic heterocycles. The maximum absolute atomic E-state index is 13.0. The third kappa shape index (κ3) is 6.24. The minimum atomic E-state index is -0.574. The Morgan fingerprint density at radius 2 is 1.64 bits per heavy atom. The van der Waals surface area contributed by atoms with E-state index in [9.17, 15) is 4.79 Å². The molecular weight excluding hydrogens is 418 g/mol. The molecule has 8 heteroatoms. The topological polar surface area (TPSA) is 91.2 Å². The molecule has 0 spiro atoms. The van der Waals surface area contributed by atoms with Crippen molar-refractivity contribution in [3.63, 3.8) is 0 Å². The molecule has 0 fully saturated rings. The van der Waals surface area contributed by atoms with E-state index in [1.165, 1.54) is 16.6 Å². The summed E-state index contributed by atoms with van der Waals surface area (Å²) in [5.74, 6) is 1.22. The average molecular weight is 444 g/mol. The molecule has 8 nitrogen and oxygen atoms in total. The van der Waals surface area contributed by atoms with Crippen molar-refractivity contribution in [1.29, 1.82) is 0 Å². The Labute approximate surface area is 192 Å². The molecule has 0 aliphatic rings. The van der Waals surface area contributed by atoms with Crippen LogP contribution in [0.4, 0.5) is 5.69 Å². The normalized spacial score (nSPS) is 11.7. The second-order valence-corrected chi connectivity index (χ2v) is 7.50. The van der Waals surface area contributed by atoms with Gasteiger partial charge in [0.15, 0.2) is 0 Å². The standard InChI is InChI=1S/C25H25N5O3/c1-32-16-15-19-7-11-22(12-8-19)33-23-13-9-21(10-14-23)27-25(31)24(30-18-26-28-29-30)17-20-5-3-2-4-6-20/h2-14,18,24H,15-17H2,1H3,(H,27,31). The predicted octanol–water partition coefficient (Wildman–Crippen LogP) is 4.08. The molecule has 1 N–H and O–H groups in total. The zero-order valence-electron chi connectivity index (χ0n) is 18.3. The maximum Gasteiger partial charge on any atom is 0.249 e. The van der Waals surface area contributed by atoms with Gasteiger partial charge in [0, 0.05) is 19.2 Å². The van der Waals surface area contributed by atoms with Crippen LogP contribution in [0.2, 0.25) is 0 Å². The third-order valence-corrected chi connectivity index (χ3v) is 5.13. The van der Waals surface area contributed by atoms with Crippen molar-refractivity contribution in [3.05, 3.63) is 96.3 Å². The number of hydrogen-bond acceptors (Lipinski definition) is 6. The third-order valence-electron chi connectivity index (χ3n) is 5.13. The van der Waals surface area contributed by atoms with Crippen LogP contribution in [0.15, 0.2) is 85.2 Å². The highest BCUT2D eigenvalue weighted by Gasteiger charge is 2.22. The van der Waals surface area contributed by atoms with E-state index in [0.29, 0.717) is 24.5 Å². The molecule has 0 bridgehead atoms. The van der Waals surface area contributed by atoms with Crippen LogP contribution in [0.25, 0.3) is 0 Å². The summed E-state index contributed by atoms with van der Waals surface area (Å²) in [7, 11) is 1.69. The molecule has 1 heterocycles. The number of amides is 1. The number of hydrogen-bond donors (Lipinski definition) is 1. The molecule has 168 valence electrons. The lowest BCUT2D eigenvalue weighted by atomic mass is 10.1. The van der Waals surface area contributed by atoms with Gasteiger partial charge in [-0.15, -0.1) is 5.10 Å². The quantitative estimate of drug-likeness (QED) is 0.397. The summed E-state index contributed by atoms with van der Waals surface area (Å²) in [6, 6.07) is 24.3. The zero-order valence-corrected chi connectivity index (χ0v) is 18.3. The van der Waals surface area contributed by atoms with Gasteiger partial charge in [0.2, 0.25) is 5.91 Å². The van der Waals surface area contributed by atoms with Crippen LogP contribution in [0.5, 0.6) is 11.5 Å². The van der Waals surface area contributed by atoms with Gasteiger partial charge >= 0.3 is 0 Å². The van der Waals surface area contributed by atoms with Crippen LogP contribution >= 0.6 is 0 Å². The van der Waals surface area contributed by atoms with Gasteiger partial charge in [-0.2, -0.15) is 0 Å². The number of tetrazole rings is 1. The minimum Gasteiger partial charge on any atom is -0.457 e. The molecule has 0 saturated carbocycles. The highest BCUT2D eigenvalue weighted by atomic mass is 16.5. The molecule has 0 saturated heterocycles. The summed E-state index contributed by atoms with van der Waals surface area (Å²) in [5, 5.41) is 14.2. The van der Waals surface area contributed by atoms with Crippen molar-refractivity contribution >= 4 is 11.6 Å². The first kappa shape index (κ1) is 22.2. The van der Waals surface area contributed by atoms with Gasteiger partial charge in [-0.3, -0.25) is 4.79 Å². The second-order valence-electron chi connectivity index (χ2n) is 7.50. The summed E-state index contributed by atoms with van der Waals surface area (Å²) >= 11 is 0. The Kier molecular flexibility index (Phi) is 7.40. The van der Waals surface area contributed by atoms with E-state index in [1.54, 1.807) is 19.2 Å². The maximum atomic E-state index is 13.0. The summed E-state index contributed by atoms with van der Waals surface area (Å²) in [4.78, 5) is 13.0. The first-order chi connectivity index (χ1) is 16.2. The van der Waals surface area contributed by atoms with Gasteiger partial charge in [-0.25, -0.2) is 4.68 Å². The largest absolute Gasteiger partial charge is 0.457 e. The highest BCUT2D eigenvalue weighted by molar-refractivity contribution is 5.93. The Morgan fingerprint density at radius 3 is 2.27 bits per heavy atom. The number of aromatic nitrogens is 4. The van der Waals surface area contributed by atoms with E-state index in [2.05, 4.69) is 20.8 Å². The predicted molar refractivity (Wildman–Crippen MR) is 124 cm³/mol. The average Bonchev–Trinajstić information content (AvgIpc) is 3.38. The van der Waals surface area contributed by atoms with Gasteiger partial charge < -0.3 is 14.8 Å². The lowest BCUT2D eigenvalue weighted by Gasteiger charge is -2.16. The first-order valence-electron chi connectivity index (χ1n) is 10.6. The molecule has 1 amide bonds. The number of carbonyl (C=O) groups is 1. The lowest BCUT2D eigenvalue weighted by Crippen LogP contribution is -2.28. The van der Waals surface area contributed by atoms with Crippen LogP contribution in [0.3, 0.4) is 0 Å². The van der Waals surface area contributed by atoms with Gasteiger partial charge in [-0.1, -0.05) is 42.5 Å². The Bertz CT molecular complexity index is 1130.